The van der Waals surface area contributed by atoms with Crippen molar-refractivity contribution in [3.63, 3.8) is 0 Å². The van der Waals surface area contributed by atoms with E-state index in [9.17, 15) is 0 Å². The molecule has 13 heavy (non-hydrogen) atoms. The number of aromatic nitrogens is 3. The van der Waals surface area contributed by atoms with Crippen LogP contribution in [0.15, 0.2) is 30.5 Å². The first-order valence-electron chi connectivity index (χ1n) is 3.51. The Morgan fingerprint density at radius 2 is 1.85 bits per heavy atom. The van der Waals surface area contributed by atoms with Gasteiger partial charge in [0.2, 0.25) is 0 Å². The second-order valence-electron chi connectivity index (χ2n) is 2.40. The van der Waals surface area contributed by atoms with Gasteiger partial charge in [0.1, 0.15) is 11.4 Å². The van der Waals surface area contributed by atoms with Crippen LogP contribution in [0.1, 0.15) is 0 Å². The summed E-state index contributed by atoms with van der Waals surface area (Å²) in [4.78, 5) is 0. The van der Waals surface area contributed by atoms with Crippen molar-refractivity contribution in [3.8, 4) is 17.0 Å². The summed E-state index contributed by atoms with van der Waals surface area (Å²) in [5, 5.41) is 19.1. The number of benzene rings is 1. The number of phenols is 1. The average Bonchev–Trinajstić information content (AvgIpc) is 2.58. The van der Waals surface area contributed by atoms with Crippen LogP contribution in [-0.4, -0.2) is 20.5 Å². The minimum atomic E-state index is 0. The second kappa shape index (κ2) is 3.91. The molecule has 0 fully saturated rings. The maximum atomic E-state index is 9.01. The Bertz CT molecular complexity index is 357. The Kier molecular flexibility index (Phi) is 2.87. The smallest absolute Gasteiger partial charge is 0.115 e. The Labute approximate surface area is 81.0 Å². The molecule has 0 saturated carbocycles. The summed E-state index contributed by atoms with van der Waals surface area (Å²) in [6.45, 7) is 0. The van der Waals surface area contributed by atoms with Crippen LogP contribution in [0, 0.1) is 0 Å². The Hall–Kier alpha value is -1.55. The highest BCUT2D eigenvalue weighted by Gasteiger charge is 1.98. The molecular weight excluding hydrogens is 190 g/mol. The Morgan fingerprint density at radius 1 is 1.15 bits per heavy atom. The number of aromatic hydroxyl groups is 1. The number of nitrogens with one attached hydrogen (secondary N) is 1. The largest absolute Gasteiger partial charge is 0.508 e. The highest BCUT2D eigenvalue weighted by molar-refractivity contribution is 5.85. The third-order valence-electron chi connectivity index (χ3n) is 1.58. The summed E-state index contributed by atoms with van der Waals surface area (Å²) in [6, 6.07) is 6.80. The van der Waals surface area contributed by atoms with E-state index in [0.29, 0.717) is 0 Å². The van der Waals surface area contributed by atoms with Gasteiger partial charge < -0.3 is 5.11 Å². The molecule has 0 radical (unpaired) electrons. The molecule has 2 N–H and O–H groups in total. The molecule has 1 aromatic heterocycles. The van der Waals surface area contributed by atoms with Gasteiger partial charge in [-0.1, -0.05) is 0 Å². The maximum absolute atomic E-state index is 9.01. The normalized spacial score (nSPS) is 9.23. The van der Waals surface area contributed by atoms with Gasteiger partial charge in [0.15, 0.2) is 0 Å². The first-order valence-corrected chi connectivity index (χ1v) is 3.51. The fourth-order valence-corrected chi connectivity index (χ4v) is 0.973. The molecule has 5 heteroatoms. The molecule has 0 atom stereocenters. The quantitative estimate of drug-likeness (QED) is 0.730. The van der Waals surface area contributed by atoms with E-state index in [4.69, 9.17) is 5.11 Å². The van der Waals surface area contributed by atoms with E-state index in [1.807, 2.05) is 0 Å². The van der Waals surface area contributed by atoms with Crippen LogP contribution in [0.25, 0.3) is 11.3 Å². The number of H-pyrrole nitrogens is 1. The van der Waals surface area contributed by atoms with Crippen LogP contribution in [0.5, 0.6) is 5.75 Å². The van der Waals surface area contributed by atoms with Gasteiger partial charge in [-0.3, -0.25) is 0 Å². The zero-order valence-corrected chi connectivity index (χ0v) is 7.45. The molecule has 1 heterocycles. The van der Waals surface area contributed by atoms with Gasteiger partial charge >= 0.3 is 0 Å². The van der Waals surface area contributed by atoms with Gasteiger partial charge in [-0.25, -0.2) is 0 Å². The topological polar surface area (TPSA) is 61.8 Å². The van der Waals surface area contributed by atoms with E-state index >= 15 is 0 Å². The number of rotatable bonds is 1. The van der Waals surface area contributed by atoms with Gasteiger partial charge in [-0.2, -0.15) is 15.4 Å². The van der Waals surface area contributed by atoms with Gasteiger partial charge in [0.05, 0.1) is 6.20 Å². The molecule has 2 rings (SSSR count). The van der Waals surface area contributed by atoms with Crippen LogP contribution in [0.2, 0.25) is 0 Å². The number of phenolic OH excluding ortho intramolecular Hbond substituents is 1. The minimum Gasteiger partial charge on any atom is -0.508 e. The van der Waals surface area contributed by atoms with Gasteiger partial charge in [-0.05, 0) is 24.3 Å². The molecule has 2 aromatic rings. The number of nitrogens with zero attached hydrogens (tertiary/aromatic N) is 2. The van der Waals surface area contributed by atoms with Gasteiger partial charge in [-0.15, -0.1) is 12.4 Å². The molecule has 4 nitrogen and oxygen atoms in total. The van der Waals surface area contributed by atoms with Crippen molar-refractivity contribution in [3.05, 3.63) is 30.5 Å². The van der Waals surface area contributed by atoms with Crippen molar-refractivity contribution in [1.29, 1.82) is 0 Å². The fraction of sp³-hybridized carbons (Fsp3) is 0. The molecule has 0 aliphatic rings. The average molecular weight is 198 g/mol. The molecular formula is C8H8ClN3O. The molecule has 0 aliphatic carbocycles. The number of aromatic amines is 1. The zero-order chi connectivity index (χ0) is 8.39. The lowest BCUT2D eigenvalue weighted by atomic mass is 10.2. The van der Waals surface area contributed by atoms with E-state index in [0.717, 1.165) is 11.3 Å². The summed E-state index contributed by atoms with van der Waals surface area (Å²) in [5.41, 5.74) is 1.71. The molecule has 0 bridgehead atoms. The summed E-state index contributed by atoms with van der Waals surface area (Å²) in [5.74, 6) is 0.252. The van der Waals surface area contributed by atoms with Gasteiger partial charge in [0.25, 0.3) is 0 Å². The van der Waals surface area contributed by atoms with Crippen LogP contribution >= 0.6 is 12.4 Å². The molecule has 68 valence electrons. The third-order valence-corrected chi connectivity index (χ3v) is 1.58. The monoisotopic (exact) mass is 197 g/mol. The second-order valence-corrected chi connectivity index (χ2v) is 2.40. The number of hydrogen-bond acceptors (Lipinski definition) is 3. The lowest BCUT2D eigenvalue weighted by molar-refractivity contribution is 0.475. The van der Waals surface area contributed by atoms with E-state index in [1.165, 1.54) is 0 Å². The summed E-state index contributed by atoms with van der Waals surface area (Å²) >= 11 is 0. The Morgan fingerprint density at radius 3 is 2.38 bits per heavy atom. The fourth-order valence-electron chi connectivity index (χ4n) is 0.973. The van der Waals surface area contributed by atoms with Crippen molar-refractivity contribution >= 4 is 12.4 Å². The highest BCUT2D eigenvalue weighted by Crippen LogP contribution is 2.18. The predicted octanol–water partition coefficient (Wildman–Crippen LogP) is 1.60. The van der Waals surface area contributed by atoms with E-state index < -0.39 is 0 Å². The first kappa shape index (κ1) is 9.54. The zero-order valence-electron chi connectivity index (χ0n) is 6.64. The lowest BCUT2D eigenvalue weighted by Gasteiger charge is -1.94. The van der Waals surface area contributed by atoms with Crippen molar-refractivity contribution in [2.45, 2.75) is 0 Å². The summed E-state index contributed by atoms with van der Waals surface area (Å²) in [7, 11) is 0. The predicted molar refractivity (Wildman–Crippen MR) is 50.7 cm³/mol. The van der Waals surface area contributed by atoms with Crippen LogP contribution < -0.4 is 0 Å². The number of hydrogen-bond donors (Lipinski definition) is 2. The molecule has 0 amide bonds. The summed E-state index contributed by atoms with van der Waals surface area (Å²) in [6.07, 6.45) is 1.63. The molecule has 1 aromatic carbocycles. The van der Waals surface area contributed by atoms with Crippen molar-refractivity contribution in [1.82, 2.24) is 15.4 Å². The maximum Gasteiger partial charge on any atom is 0.115 e. The first-order chi connectivity index (χ1) is 5.86. The highest BCUT2D eigenvalue weighted by atomic mass is 35.5. The van der Waals surface area contributed by atoms with Gasteiger partial charge in [0, 0.05) is 5.56 Å². The molecule has 0 saturated heterocycles. The Balaban J connectivity index is 0.000000845. The van der Waals surface area contributed by atoms with E-state index in [-0.39, 0.29) is 18.2 Å². The lowest BCUT2D eigenvalue weighted by Crippen LogP contribution is -1.76. The summed E-state index contributed by atoms with van der Waals surface area (Å²) < 4.78 is 0. The van der Waals surface area contributed by atoms with Crippen LogP contribution in [-0.2, 0) is 0 Å². The van der Waals surface area contributed by atoms with Crippen molar-refractivity contribution < 1.29 is 5.11 Å². The van der Waals surface area contributed by atoms with Crippen molar-refractivity contribution in [2.24, 2.45) is 0 Å². The SMILES string of the molecule is Cl.Oc1ccc(-c2cn[nH]n2)cc1. The molecule has 0 unspecified atom stereocenters. The number of halogens is 1. The van der Waals surface area contributed by atoms with Crippen LogP contribution in [0.3, 0.4) is 0 Å². The van der Waals surface area contributed by atoms with E-state index in [2.05, 4.69) is 15.4 Å². The van der Waals surface area contributed by atoms with E-state index in [1.54, 1.807) is 30.5 Å². The van der Waals surface area contributed by atoms with Crippen molar-refractivity contribution in [2.75, 3.05) is 0 Å². The molecule has 0 spiro atoms. The standard InChI is InChI=1S/C8H7N3O.ClH/c12-7-3-1-6(2-4-7)8-5-9-11-10-8;/h1-5,12H,(H,9,10,11);1H. The molecule has 0 aliphatic heterocycles. The minimum absolute atomic E-state index is 0. The van der Waals surface area contributed by atoms with Crippen LogP contribution in [0.4, 0.5) is 0 Å². The third kappa shape index (κ3) is 1.97.